The van der Waals surface area contributed by atoms with Crippen molar-refractivity contribution in [3.05, 3.63) is 107 Å². The summed E-state index contributed by atoms with van der Waals surface area (Å²) in [5.41, 5.74) is 4.35. The van der Waals surface area contributed by atoms with Crippen LogP contribution in [-0.4, -0.2) is 22.8 Å². The van der Waals surface area contributed by atoms with Crippen molar-refractivity contribution in [1.29, 1.82) is 0 Å². The first-order valence-corrected chi connectivity index (χ1v) is 10.7. The Labute approximate surface area is 184 Å². The van der Waals surface area contributed by atoms with Gasteiger partial charge in [0.1, 0.15) is 6.04 Å². The van der Waals surface area contributed by atoms with Crippen molar-refractivity contribution in [2.45, 2.75) is 45.8 Å². The van der Waals surface area contributed by atoms with Crippen molar-refractivity contribution in [1.82, 2.24) is 10.2 Å². The van der Waals surface area contributed by atoms with Gasteiger partial charge in [-0.3, -0.25) is 9.59 Å². The second kappa shape index (κ2) is 11.1. The first-order valence-electron chi connectivity index (χ1n) is 10.7. The van der Waals surface area contributed by atoms with Crippen LogP contribution in [0.5, 0.6) is 0 Å². The Morgan fingerprint density at radius 3 is 2.00 bits per heavy atom. The van der Waals surface area contributed by atoms with Gasteiger partial charge in [-0.15, -0.1) is 0 Å². The minimum atomic E-state index is -0.561. The van der Waals surface area contributed by atoms with Crippen LogP contribution < -0.4 is 5.32 Å². The first-order chi connectivity index (χ1) is 15.0. The average molecular weight is 415 g/mol. The zero-order valence-electron chi connectivity index (χ0n) is 18.3. The number of nitrogens with one attached hydrogen (secondary N) is 1. The highest BCUT2D eigenvalue weighted by Crippen LogP contribution is 2.13. The van der Waals surface area contributed by atoms with Gasteiger partial charge in [-0.1, -0.05) is 90.5 Å². The summed E-state index contributed by atoms with van der Waals surface area (Å²) in [4.78, 5) is 27.7. The minimum Gasteiger partial charge on any atom is -0.350 e. The Morgan fingerprint density at radius 2 is 1.39 bits per heavy atom. The topological polar surface area (TPSA) is 49.4 Å². The predicted octanol–water partition coefficient (Wildman–Crippen LogP) is 4.66. The molecule has 0 aliphatic carbocycles. The fourth-order valence-corrected chi connectivity index (χ4v) is 3.45. The van der Waals surface area contributed by atoms with Crippen molar-refractivity contribution in [2.75, 3.05) is 0 Å². The number of carbonyl (C=O) groups is 2. The van der Waals surface area contributed by atoms with Gasteiger partial charge in [-0.2, -0.15) is 0 Å². The molecular formula is C27H30N2O2. The lowest BCUT2D eigenvalue weighted by Gasteiger charge is -2.29. The quantitative estimate of drug-likeness (QED) is 0.554. The van der Waals surface area contributed by atoms with Gasteiger partial charge in [0.25, 0.3) is 0 Å². The van der Waals surface area contributed by atoms with E-state index < -0.39 is 6.04 Å². The third kappa shape index (κ3) is 6.82. The number of amides is 2. The molecule has 0 saturated carbocycles. The second-order valence-electron chi connectivity index (χ2n) is 7.87. The standard InChI is InChI=1S/C27H30N2O2/c1-21-13-15-24(16-14-21)19-28-27(31)22(2)29(20-25-11-7-4-8-12-25)26(30)18-17-23-9-5-3-6-10-23/h3-16,22H,17-20H2,1-2H3,(H,28,31). The summed E-state index contributed by atoms with van der Waals surface area (Å²) in [6.07, 6.45) is 1.02. The van der Waals surface area contributed by atoms with E-state index >= 15 is 0 Å². The molecule has 0 radical (unpaired) electrons. The summed E-state index contributed by atoms with van der Waals surface area (Å²) in [6, 6.07) is 27.3. The van der Waals surface area contributed by atoms with Crippen LogP contribution in [0.4, 0.5) is 0 Å². The molecular weight excluding hydrogens is 384 g/mol. The van der Waals surface area contributed by atoms with E-state index in [-0.39, 0.29) is 11.8 Å². The van der Waals surface area contributed by atoms with E-state index in [0.29, 0.717) is 25.9 Å². The molecule has 1 unspecified atom stereocenters. The predicted molar refractivity (Wildman–Crippen MR) is 124 cm³/mol. The number of nitrogens with zero attached hydrogens (tertiary/aromatic N) is 1. The van der Waals surface area contributed by atoms with Crippen LogP contribution in [0.25, 0.3) is 0 Å². The van der Waals surface area contributed by atoms with Gasteiger partial charge in [0.2, 0.25) is 11.8 Å². The van der Waals surface area contributed by atoms with Gasteiger partial charge < -0.3 is 10.2 Å². The summed E-state index contributed by atoms with van der Waals surface area (Å²) in [6.45, 7) is 4.69. The number of rotatable bonds is 9. The fraction of sp³-hybridized carbons (Fsp3) is 0.259. The molecule has 1 atom stereocenters. The van der Waals surface area contributed by atoms with E-state index in [9.17, 15) is 9.59 Å². The maximum absolute atomic E-state index is 13.1. The number of hydrogen-bond donors (Lipinski definition) is 1. The third-order valence-electron chi connectivity index (χ3n) is 5.42. The maximum atomic E-state index is 13.1. The van der Waals surface area contributed by atoms with Gasteiger partial charge in [0.15, 0.2) is 0 Å². The van der Waals surface area contributed by atoms with Crippen LogP contribution in [0.1, 0.15) is 35.6 Å². The number of hydrogen-bond acceptors (Lipinski definition) is 2. The molecule has 0 saturated heterocycles. The van der Waals surface area contributed by atoms with Crippen LogP contribution in [0.2, 0.25) is 0 Å². The molecule has 3 aromatic rings. The van der Waals surface area contributed by atoms with Crippen LogP contribution >= 0.6 is 0 Å². The molecule has 160 valence electrons. The van der Waals surface area contributed by atoms with Crippen LogP contribution in [-0.2, 0) is 29.1 Å². The van der Waals surface area contributed by atoms with E-state index in [1.165, 1.54) is 5.56 Å². The van der Waals surface area contributed by atoms with Gasteiger partial charge in [-0.25, -0.2) is 0 Å². The van der Waals surface area contributed by atoms with E-state index in [2.05, 4.69) is 5.32 Å². The SMILES string of the molecule is Cc1ccc(CNC(=O)C(C)N(Cc2ccccc2)C(=O)CCc2ccccc2)cc1. The van der Waals surface area contributed by atoms with Crippen molar-refractivity contribution >= 4 is 11.8 Å². The Morgan fingerprint density at radius 1 is 0.806 bits per heavy atom. The molecule has 0 bridgehead atoms. The van der Waals surface area contributed by atoms with Crippen molar-refractivity contribution in [3.8, 4) is 0 Å². The molecule has 0 heterocycles. The van der Waals surface area contributed by atoms with Gasteiger partial charge in [0.05, 0.1) is 0 Å². The summed E-state index contributed by atoms with van der Waals surface area (Å²) in [5.74, 6) is -0.171. The summed E-state index contributed by atoms with van der Waals surface area (Å²) in [5, 5.41) is 2.98. The van der Waals surface area contributed by atoms with Gasteiger partial charge in [0, 0.05) is 19.5 Å². The number of aryl methyl sites for hydroxylation is 2. The molecule has 0 aliphatic heterocycles. The molecule has 4 nitrogen and oxygen atoms in total. The molecule has 3 aromatic carbocycles. The lowest BCUT2D eigenvalue weighted by atomic mass is 10.1. The first kappa shape index (κ1) is 22.3. The lowest BCUT2D eigenvalue weighted by Crippen LogP contribution is -2.47. The molecule has 31 heavy (non-hydrogen) atoms. The third-order valence-corrected chi connectivity index (χ3v) is 5.42. The van der Waals surface area contributed by atoms with E-state index in [1.807, 2.05) is 91.9 Å². The summed E-state index contributed by atoms with van der Waals surface area (Å²) in [7, 11) is 0. The average Bonchev–Trinajstić information content (AvgIpc) is 2.81. The highest BCUT2D eigenvalue weighted by atomic mass is 16.2. The Balaban J connectivity index is 1.66. The molecule has 0 fully saturated rings. The smallest absolute Gasteiger partial charge is 0.242 e. The molecule has 0 aromatic heterocycles. The molecule has 4 heteroatoms. The number of benzene rings is 3. The van der Waals surface area contributed by atoms with Crippen molar-refractivity contribution in [2.24, 2.45) is 0 Å². The molecule has 0 spiro atoms. The van der Waals surface area contributed by atoms with Gasteiger partial charge >= 0.3 is 0 Å². The van der Waals surface area contributed by atoms with Crippen LogP contribution in [0, 0.1) is 6.92 Å². The zero-order chi connectivity index (χ0) is 22.1. The molecule has 3 rings (SSSR count). The van der Waals surface area contributed by atoms with Gasteiger partial charge in [-0.05, 0) is 37.0 Å². The Kier molecular flexibility index (Phi) is 7.99. The van der Waals surface area contributed by atoms with E-state index in [0.717, 1.165) is 16.7 Å². The van der Waals surface area contributed by atoms with E-state index in [1.54, 1.807) is 11.8 Å². The largest absolute Gasteiger partial charge is 0.350 e. The lowest BCUT2D eigenvalue weighted by molar-refractivity contribution is -0.140. The summed E-state index contributed by atoms with van der Waals surface area (Å²) >= 11 is 0. The monoisotopic (exact) mass is 414 g/mol. The highest BCUT2D eigenvalue weighted by Gasteiger charge is 2.25. The Hall–Kier alpha value is -3.40. The zero-order valence-corrected chi connectivity index (χ0v) is 18.3. The second-order valence-corrected chi connectivity index (χ2v) is 7.87. The fourth-order valence-electron chi connectivity index (χ4n) is 3.45. The van der Waals surface area contributed by atoms with Crippen molar-refractivity contribution < 1.29 is 9.59 Å². The highest BCUT2D eigenvalue weighted by molar-refractivity contribution is 5.87. The molecule has 0 aliphatic rings. The number of carbonyl (C=O) groups excluding carboxylic acids is 2. The van der Waals surface area contributed by atoms with Crippen molar-refractivity contribution in [3.63, 3.8) is 0 Å². The minimum absolute atomic E-state index is 0.0225. The van der Waals surface area contributed by atoms with Crippen LogP contribution in [0.15, 0.2) is 84.9 Å². The Bertz CT molecular complexity index is 969. The normalized spacial score (nSPS) is 11.5. The molecule has 1 N–H and O–H groups in total. The molecule has 2 amide bonds. The van der Waals surface area contributed by atoms with E-state index in [4.69, 9.17) is 0 Å². The van der Waals surface area contributed by atoms with Crippen LogP contribution in [0.3, 0.4) is 0 Å². The summed E-state index contributed by atoms with van der Waals surface area (Å²) < 4.78 is 0. The maximum Gasteiger partial charge on any atom is 0.242 e.